The lowest BCUT2D eigenvalue weighted by Crippen LogP contribution is -2.46. The molecule has 2 atom stereocenters. The average molecular weight is 329 g/mol. The first-order chi connectivity index (χ1) is 10.1. The van der Waals surface area contributed by atoms with E-state index in [0.717, 1.165) is 12.3 Å². The summed E-state index contributed by atoms with van der Waals surface area (Å²) >= 11 is 0. The average Bonchev–Trinajstić information content (AvgIpc) is 3.00. The third-order valence-corrected chi connectivity index (χ3v) is 4.85. The molecule has 2 bridgehead atoms. The van der Waals surface area contributed by atoms with Crippen molar-refractivity contribution in [3.63, 3.8) is 0 Å². The Bertz CT molecular complexity index is 519. The quantitative estimate of drug-likeness (QED) is 0.861. The van der Waals surface area contributed by atoms with Crippen LogP contribution in [-0.2, 0) is 11.3 Å². The molecule has 124 valence electrons. The van der Waals surface area contributed by atoms with E-state index >= 15 is 0 Å². The summed E-state index contributed by atoms with van der Waals surface area (Å²) in [7, 11) is 3.54. The summed E-state index contributed by atoms with van der Waals surface area (Å²) in [6, 6.07) is 3.77. The molecule has 2 aliphatic rings. The number of carbonyl (C=O) groups excluding carboxylic acids is 1. The van der Waals surface area contributed by atoms with Crippen LogP contribution in [0.5, 0.6) is 0 Å². The summed E-state index contributed by atoms with van der Waals surface area (Å²) in [5.74, 6) is 1.14. The lowest BCUT2D eigenvalue weighted by molar-refractivity contribution is 0.0599. The maximum atomic E-state index is 11.6. The van der Waals surface area contributed by atoms with E-state index in [4.69, 9.17) is 9.15 Å². The lowest BCUT2D eigenvalue weighted by Gasteiger charge is -2.35. The third-order valence-electron chi connectivity index (χ3n) is 4.85. The number of hydrogen-bond acceptors (Lipinski definition) is 5. The third kappa shape index (κ3) is 3.47. The minimum Gasteiger partial charge on any atom is -0.465 e. The van der Waals surface area contributed by atoms with Crippen molar-refractivity contribution < 1.29 is 13.9 Å². The molecule has 3 rings (SSSR count). The van der Waals surface area contributed by atoms with Gasteiger partial charge in [-0.2, -0.15) is 0 Å². The summed E-state index contributed by atoms with van der Waals surface area (Å²) in [5, 5.41) is 3.66. The second-order valence-electron chi connectivity index (χ2n) is 6.35. The van der Waals surface area contributed by atoms with Gasteiger partial charge in [0.1, 0.15) is 17.1 Å². The second kappa shape index (κ2) is 7.02. The fraction of sp³-hybridized carbons (Fsp3) is 0.688. The van der Waals surface area contributed by atoms with E-state index in [1.54, 1.807) is 6.92 Å². The number of nitrogens with zero attached hydrogens (tertiary/aromatic N) is 1. The Labute approximate surface area is 137 Å². The number of hydrogen-bond donors (Lipinski definition) is 1. The topological polar surface area (TPSA) is 54.7 Å². The highest BCUT2D eigenvalue weighted by Gasteiger charge is 2.35. The van der Waals surface area contributed by atoms with Crippen molar-refractivity contribution >= 4 is 18.4 Å². The van der Waals surface area contributed by atoms with Gasteiger partial charge in [0.2, 0.25) is 0 Å². The van der Waals surface area contributed by atoms with Gasteiger partial charge in [-0.25, -0.2) is 4.79 Å². The molecule has 0 saturated carbocycles. The van der Waals surface area contributed by atoms with Gasteiger partial charge in [-0.15, -0.1) is 12.4 Å². The van der Waals surface area contributed by atoms with Crippen molar-refractivity contribution in [2.75, 3.05) is 14.2 Å². The fourth-order valence-corrected chi connectivity index (χ4v) is 3.70. The predicted octanol–water partition coefficient (Wildman–Crippen LogP) is 2.51. The van der Waals surface area contributed by atoms with Crippen LogP contribution < -0.4 is 5.32 Å². The smallest absolute Gasteiger partial charge is 0.341 e. The molecule has 0 radical (unpaired) electrons. The summed E-state index contributed by atoms with van der Waals surface area (Å²) in [6.45, 7) is 2.54. The number of carbonyl (C=O) groups is 1. The number of rotatable bonds is 4. The first kappa shape index (κ1) is 17.3. The molecule has 2 unspecified atom stereocenters. The molecular weight excluding hydrogens is 304 g/mol. The van der Waals surface area contributed by atoms with Gasteiger partial charge in [-0.3, -0.25) is 4.90 Å². The van der Waals surface area contributed by atoms with Gasteiger partial charge in [0.05, 0.1) is 13.7 Å². The molecule has 2 fully saturated rings. The van der Waals surface area contributed by atoms with Gasteiger partial charge in [-0.05, 0) is 45.7 Å². The van der Waals surface area contributed by atoms with Crippen LogP contribution in [0.25, 0.3) is 0 Å². The number of furan rings is 1. The van der Waals surface area contributed by atoms with Crippen LogP contribution in [0.1, 0.15) is 47.6 Å². The molecule has 0 aromatic carbocycles. The second-order valence-corrected chi connectivity index (χ2v) is 6.35. The summed E-state index contributed by atoms with van der Waals surface area (Å²) in [4.78, 5) is 14.0. The number of ether oxygens (including phenoxy) is 1. The first-order valence-corrected chi connectivity index (χ1v) is 7.70. The van der Waals surface area contributed by atoms with E-state index in [1.165, 1.54) is 32.8 Å². The van der Waals surface area contributed by atoms with E-state index in [-0.39, 0.29) is 18.4 Å². The molecule has 5 nitrogen and oxygen atoms in total. The molecule has 3 heterocycles. The van der Waals surface area contributed by atoms with Crippen LogP contribution >= 0.6 is 12.4 Å². The lowest BCUT2D eigenvalue weighted by atomic mass is 9.98. The number of fused-ring (bicyclic) bond motifs is 2. The summed E-state index contributed by atoms with van der Waals surface area (Å²) < 4.78 is 10.5. The molecule has 22 heavy (non-hydrogen) atoms. The number of halogens is 1. The maximum Gasteiger partial charge on any atom is 0.341 e. The molecule has 1 aromatic heterocycles. The van der Waals surface area contributed by atoms with Gasteiger partial charge >= 0.3 is 5.97 Å². The largest absolute Gasteiger partial charge is 0.465 e. The molecule has 2 saturated heterocycles. The van der Waals surface area contributed by atoms with E-state index < -0.39 is 0 Å². The molecule has 6 heteroatoms. The Hall–Kier alpha value is -1.04. The monoisotopic (exact) mass is 328 g/mol. The number of nitrogens with one attached hydrogen (secondary N) is 1. The highest BCUT2D eigenvalue weighted by atomic mass is 35.5. The van der Waals surface area contributed by atoms with Crippen molar-refractivity contribution in [3.05, 3.63) is 23.2 Å². The van der Waals surface area contributed by atoms with Crippen LogP contribution in [0.15, 0.2) is 10.5 Å². The van der Waals surface area contributed by atoms with Gasteiger partial charge < -0.3 is 14.5 Å². The standard InChI is InChI=1S/C16H24N2O3.ClH/c1-10-15(16(19)20-3)8-14(21-10)9-18(2)13-6-11-4-5-12(7-13)17-11;/h8,11-13,17H,4-7,9H2,1-3H3;1H. The van der Waals surface area contributed by atoms with E-state index in [9.17, 15) is 4.79 Å². The number of methoxy groups -OCH3 is 1. The summed E-state index contributed by atoms with van der Waals surface area (Å²) in [6.07, 6.45) is 5.02. The Morgan fingerprint density at radius 1 is 1.41 bits per heavy atom. The SMILES string of the molecule is COC(=O)c1cc(CN(C)C2CC3CCC(C2)N3)oc1C.Cl. The Kier molecular flexibility index (Phi) is 5.53. The maximum absolute atomic E-state index is 11.6. The van der Waals surface area contributed by atoms with Crippen LogP contribution in [0, 0.1) is 6.92 Å². The minimum atomic E-state index is -0.329. The molecule has 1 N–H and O–H groups in total. The number of aryl methyl sites for hydroxylation is 1. The first-order valence-electron chi connectivity index (χ1n) is 7.70. The van der Waals surface area contributed by atoms with Crippen LogP contribution in [0.4, 0.5) is 0 Å². The Morgan fingerprint density at radius 2 is 2.05 bits per heavy atom. The van der Waals surface area contributed by atoms with E-state index in [2.05, 4.69) is 17.3 Å². The number of esters is 1. The zero-order chi connectivity index (χ0) is 15.0. The van der Waals surface area contributed by atoms with Crippen LogP contribution in [0.2, 0.25) is 0 Å². The fourth-order valence-electron chi connectivity index (χ4n) is 3.70. The van der Waals surface area contributed by atoms with E-state index in [1.807, 2.05) is 6.07 Å². The van der Waals surface area contributed by atoms with Crippen LogP contribution in [0.3, 0.4) is 0 Å². The molecule has 1 aromatic rings. The van der Waals surface area contributed by atoms with Crippen molar-refractivity contribution in [2.45, 2.75) is 57.3 Å². The Morgan fingerprint density at radius 3 is 2.64 bits per heavy atom. The number of piperidine rings is 1. The molecule has 2 aliphatic heterocycles. The molecule has 0 amide bonds. The predicted molar refractivity (Wildman–Crippen MR) is 86.5 cm³/mol. The highest BCUT2D eigenvalue weighted by molar-refractivity contribution is 5.90. The van der Waals surface area contributed by atoms with Gasteiger partial charge in [0, 0.05) is 18.1 Å². The zero-order valence-electron chi connectivity index (χ0n) is 13.4. The van der Waals surface area contributed by atoms with Gasteiger partial charge in [-0.1, -0.05) is 0 Å². The normalized spacial score (nSPS) is 26.8. The van der Waals surface area contributed by atoms with Crippen LogP contribution in [-0.4, -0.2) is 43.2 Å². The molecular formula is C16H25ClN2O3. The minimum absolute atomic E-state index is 0. The zero-order valence-corrected chi connectivity index (χ0v) is 14.2. The summed E-state index contributed by atoms with van der Waals surface area (Å²) in [5.41, 5.74) is 0.534. The molecule has 0 spiro atoms. The van der Waals surface area contributed by atoms with Crippen molar-refractivity contribution in [1.82, 2.24) is 10.2 Å². The molecule has 0 aliphatic carbocycles. The van der Waals surface area contributed by atoms with Crippen molar-refractivity contribution in [2.24, 2.45) is 0 Å². The van der Waals surface area contributed by atoms with Gasteiger partial charge in [0.25, 0.3) is 0 Å². The Balaban J connectivity index is 0.00000176. The van der Waals surface area contributed by atoms with E-state index in [0.29, 0.717) is 29.4 Å². The highest BCUT2D eigenvalue weighted by Crippen LogP contribution is 2.30. The van der Waals surface area contributed by atoms with Gasteiger partial charge in [0.15, 0.2) is 0 Å². The van der Waals surface area contributed by atoms with Crippen molar-refractivity contribution in [1.29, 1.82) is 0 Å². The van der Waals surface area contributed by atoms with Crippen molar-refractivity contribution in [3.8, 4) is 0 Å².